The Bertz CT molecular complexity index is 918. The van der Waals surface area contributed by atoms with E-state index in [1.165, 1.54) is 22.7 Å². The third-order valence-corrected chi connectivity index (χ3v) is 6.81. The lowest BCUT2D eigenvalue weighted by atomic mass is 10.0. The topological polar surface area (TPSA) is 62.7 Å². The zero-order valence-electron chi connectivity index (χ0n) is 15.7. The molecule has 1 aliphatic rings. The Morgan fingerprint density at radius 2 is 2.04 bits per heavy atom. The molecule has 0 amide bonds. The number of ether oxygens (including phenoxy) is 1. The van der Waals surface area contributed by atoms with Crippen molar-refractivity contribution >= 4 is 21.8 Å². The first-order chi connectivity index (χ1) is 12.8. The standard InChI is InChI=1S/C19H24ClN3O3S/c1-14-10-15(11-16-6-4-5-7-17(16)20)12-18(21-14)19-13-23(8-9-26-19)27(24,25)22(2)3/h4-7,10,12,19H,8-9,11,13H2,1-3H3/t19-/m0/s1. The Morgan fingerprint density at radius 1 is 1.30 bits per heavy atom. The highest BCUT2D eigenvalue weighted by Gasteiger charge is 2.32. The molecule has 0 unspecified atom stereocenters. The molecule has 27 heavy (non-hydrogen) atoms. The molecule has 1 aliphatic heterocycles. The minimum Gasteiger partial charge on any atom is -0.369 e. The van der Waals surface area contributed by atoms with Gasteiger partial charge < -0.3 is 4.74 Å². The molecule has 1 atom stereocenters. The first kappa shape index (κ1) is 20.2. The van der Waals surface area contributed by atoms with Crippen LogP contribution in [0.5, 0.6) is 0 Å². The summed E-state index contributed by atoms with van der Waals surface area (Å²) in [4.78, 5) is 4.59. The molecule has 0 saturated carbocycles. The number of aromatic nitrogens is 1. The second-order valence-corrected chi connectivity index (χ2v) is 9.37. The maximum atomic E-state index is 12.4. The summed E-state index contributed by atoms with van der Waals surface area (Å²) in [7, 11) is -0.406. The molecule has 1 fully saturated rings. The zero-order chi connectivity index (χ0) is 19.6. The second-order valence-electron chi connectivity index (χ2n) is 6.82. The monoisotopic (exact) mass is 409 g/mol. The van der Waals surface area contributed by atoms with Gasteiger partial charge in [0, 0.05) is 37.9 Å². The summed E-state index contributed by atoms with van der Waals surface area (Å²) < 4.78 is 33.4. The van der Waals surface area contributed by atoms with E-state index in [0.29, 0.717) is 19.6 Å². The van der Waals surface area contributed by atoms with Crippen molar-refractivity contribution in [1.29, 1.82) is 0 Å². The highest BCUT2D eigenvalue weighted by atomic mass is 35.5. The summed E-state index contributed by atoms with van der Waals surface area (Å²) in [5, 5.41) is 0.727. The number of rotatable bonds is 5. The Balaban J connectivity index is 1.84. The largest absolute Gasteiger partial charge is 0.369 e. The normalized spacial score (nSPS) is 18.8. The van der Waals surface area contributed by atoms with Gasteiger partial charge in [-0.1, -0.05) is 29.8 Å². The molecule has 0 bridgehead atoms. The Hall–Kier alpha value is -1.51. The van der Waals surface area contributed by atoms with Crippen molar-refractivity contribution in [1.82, 2.24) is 13.6 Å². The SMILES string of the molecule is Cc1cc(Cc2ccccc2Cl)cc([C@@H]2CN(S(=O)(=O)N(C)C)CCO2)n1. The molecule has 2 aromatic rings. The summed E-state index contributed by atoms with van der Waals surface area (Å²) in [6, 6.07) is 11.7. The highest BCUT2D eigenvalue weighted by Crippen LogP contribution is 2.26. The average molecular weight is 410 g/mol. The predicted octanol–water partition coefficient (Wildman–Crippen LogP) is 2.81. The number of morpholine rings is 1. The molecular weight excluding hydrogens is 386 g/mol. The Morgan fingerprint density at radius 3 is 2.74 bits per heavy atom. The number of benzene rings is 1. The summed E-state index contributed by atoms with van der Waals surface area (Å²) in [5.41, 5.74) is 3.72. The van der Waals surface area contributed by atoms with Crippen LogP contribution in [0.3, 0.4) is 0 Å². The first-order valence-corrected chi connectivity index (χ1v) is 10.5. The molecule has 1 aromatic heterocycles. The van der Waals surface area contributed by atoms with E-state index in [-0.39, 0.29) is 6.54 Å². The van der Waals surface area contributed by atoms with Gasteiger partial charge in [0.25, 0.3) is 10.2 Å². The van der Waals surface area contributed by atoms with E-state index in [1.54, 1.807) is 0 Å². The highest BCUT2D eigenvalue weighted by molar-refractivity contribution is 7.86. The van der Waals surface area contributed by atoms with Gasteiger partial charge in [0.05, 0.1) is 12.3 Å². The van der Waals surface area contributed by atoms with Gasteiger partial charge in [-0.2, -0.15) is 17.0 Å². The lowest BCUT2D eigenvalue weighted by molar-refractivity contribution is -0.00633. The van der Waals surface area contributed by atoms with E-state index in [0.717, 1.165) is 27.5 Å². The van der Waals surface area contributed by atoms with Crippen LogP contribution in [0.1, 0.15) is 28.6 Å². The van der Waals surface area contributed by atoms with E-state index in [2.05, 4.69) is 4.98 Å². The van der Waals surface area contributed by atoms with Crippen LogP contribution < -0.4 is 0 Å². The van der Waals surface area contributed by atoms with Crippen molar-refractivity contribution < 1.29 is 13.2 Å². The van der Waals surface area contributed by atoms with Crippen molar-refractivity contribution in [3.63, 3.8) is 0 Å². The Kier molecular flexibility index (Phi) is 6.18. The van der Waals surface area contributed by atoms with E-state index in [4.69, 9.17) is 16.3 Å². The molecule has 1 saturated heterocycles. The second kappa shape index (κ2) is 8.24. The summed E-state index contributed by atoms with van der Waals surface area (Å²) in [6.45, 7) is 2.86. The fourth-order valence-corrected chi connectivity index (χ4v) is 4.44. The van der Waals surface area contributed by atoms with Crippen LogP contribution >= 0.6 is 11.6 Å². The number of hydrogen-bond donors (Lipinski definition) is 0. The van der Waals surface area contributed by atoms with E-state index in [1.807, 2.05) is 43.3 Å². The van der Waals surface area contributed by atoms with E-state index in [9.17, 15) is 8.42 Å². The van der Waals surface area contributed by atoms with Crippen LogP contribution in [-0.2, 0) is 21.4 Å². The van der Waals surface area contributed by atoms with Crippen molar-refractivity contribution in [2.24, 2.45) is 0 Å². The fraction of sp³-hybridized carbons (Fsp3) is 0.421. The molecule has 0 aliphatic carbocycles. The van der Waals surface area contributed by atoms with Crippen LogP contribution in [-0.4, -0.2) is 55.8 Å². The van der Waals surface area contributed by atoms with Gasteiger partial charge in [0.2, 0.25) is 0 Å². The van der Waals surface area contributed by atoms with Crippen LogP contribution in [0.2, 0.25) is 5.02 Å². The van der Waals surface area contributed by atoms with Crippen LogP contribution in [0.4, 0.5) is 0 Å². The van der Waals surface area contributed by atoms with Crippen LogP contribution in [0, 0.1) is 6.92 Å². The zero-order valence-corrected chi connectivity index (χ0v) is 17.3. The molecule has 146 valence electrons. The van der Waals surface area contributed by atoms with E-state index >= 15 is 0 Å². The molecular formula is C19H24ClN3O3S. The van der Waals surface area contributed by atoms with Gasteiger partial charge in [0.15, 0.2) is 0 Å². The lowest BCUT2D eigenvalue weighted by Gasteiger charge is -2.33. The summed E-state index contributed by atoms with van der Waals surface area (Å²) in [6.07, 6.45) is 0.293. The van der Waals surface area contributed by atoms with Gasteiger partial charge in [-0.05, 0) is 42.7 Å². The van der Waals surface area contributed by atoms with Crippen molar-refractivity contribution in [2.45, 2.75) is 19.4 Å². The number of pyridine rings is 1. The van der Waals surface area contributed by atoms with Gasteiger partial charge >= 0.3 is 0 Å². The van der Waals surface area contributed by atoms with Crippen molar-refractivity contribution in [2.75, 3.05) is 33.8 Å². The maximum Gasteiger partial charge on any atom is 0.281 e. The third-order valence-electron chi connectivity index (χ3n) is 4.53. The number of hydrogen-bond acceptors (Lipinski definition) is 4. The first-order valence-electron chi connectivity index (χ1n) is 8.77. The van der Waals surface area contributed by atoms with Gasteiger partial charge in [0.1, 0.15) is 6.10 Å². The fourth-order valence-electron chi connectivity index (χ4n) is 3.14. The van der Waals surface area contributed by atoms with Gasteiger partial charge in [-0.15, -0.1) is 0 Å². The van der Waals surface area contributed by atoms with Crippen LogP contribution in [0.15, 0.2) is 36.4 Å². The molecule has 8 heteroatoms. The molecule has 3 rings (SSSR count). The molecule has 6 nitrogen and oxygen atoms in total. The molecule has 0 N–H and O–H groups in total. The minimum absolute atomic E-state index is 0.252. The predicted molar refractivity (Wildman–Crippen MR) is 106 cm³/mol. The molecule has 2 heterocycles. The van der Waals surface area contributed by atoms with Gasteiger partial charge in [-0.3, -0.25) is 4.98 Å². The third kappa shape index (κ3) is 4.67. The van der Waals surface area contributed by atoms with Crippen LogP contribution in [0.25, 0.3) is 0 Å². The minimum atomic E-state index is -3.47. The molecule has 0 spiro atoms. The summed E-state index contributed by atoms with van der Waals surface area (Å²) >= 11 is 6.28. The van der Waals surface area contributed by atoms with Crippen molar-refractivity contribution in [3.8, 4) is 0 Å². The quantitative estimate of drug-likeness (QED) is 0.761. The van der Waals surface area contributed by atoms with Crippen molar-refractivity contribution in [3.05, 3.63) is 63.9 Å². The summed E-state index contributed by atoms with van der Waals surface area (Å²) in [5.74, 6) is 0. The van der Waals surface area contributed by atoms with E-state index < -0.39 is 16.3 Å². The Labute approximate surface area is 165 Å². The smallest absolute Gasteiger partial charge is 0.281 e. The average Bonchev–Trinajstić information content (AvgIpc) is 2.63. The molecule has 0 radical (unpaired) electrons. The lowest BCUT2D eigenvalue weighted by Crippen LogP contribution is -2.47. The maximum absolute atomic E-state index is 12.4. The number of halogens is 1. The number of nitrogens with zero attached hydrogens (tertiary/aromatic N) is 3. The van der Waals surface area contributed by atoms with Gasteiger partial charge in [-0.25, -0.2) is 0 Å². The number of aryl methyl sites for hydroxylation is 1. The molecule has 1 aromatic carbocycles.